The van der Waals surface area contributed by atoms with E-state index in [1.807, 2.05) is 19.9 Å². The number of likely N-dealkylation sites (N-methyl/N-ethyl adjacent to an activating group) is 1. The fourth-order valence-corrected chi connectivity index (χ4v) is 2.20. The zero-order valence-corrected chi connectivity index (χ0v) is 11.4. The average molecular weight is 262 g/mol. The van der Waals surface area contributed by atoms with Gasteiger partial charge in [-0.3, -0.25) is 4.90 Å². The molecule has 3 heterocycles. The summed E-state index contributed by atoms with van der Waals surface area (Å²) >= 11 is 0. The standard InChI is InChI=1S/C13H18N4O2/c1-8-4-11(9(2)18-8)13-16-15-12(19-13)7-17(3)10-5-14-6-10/h4,10,14H,5-7H2,1-3H3. The van der Waals surface area contributed by atoms with Crippen molar-refractivity contribution in [2.24, 2.45) is 0 Å². The van der Waals surface area contributed by atoms with Crippen molar-refractivity contribution >= 4 is 0 Å². The van der Waals surface area contributed by atoms with Crippen molar-refractivity contribution in [2.75, 3.05) is 20.1 Å². The van der Waals surface area contributed by atoms with Crippen LogP contribution in [0, 0.1) is 13.8 Å². The monoisotopic (exact) mass is 262 g/mol. The number of rotatable bonds is 4. The van der Waals surface area contributed by atoms with Gasteiger partial charge in [-0.15, -0.1) is 10.2 Å². The summed E-state index contributed by atoms with van der Waals surface area (Å²) in [7, 11) is 2.07. The lowest BCUT2D eigenvalue weighted by atomic mass is 10.1. The second-order valence-corrected chi connectivity index (χ2v) is 5.06. The highest BCUT2D eigenvalue weighted by atomic mass is 16.4. The third-order valence-electron chi connectivity index (χ3n) is 3.51. The molecule has 1 fully saturated rings. The van der Waals surface area contributed by atoms with E-state index in [2.05, 4.69) is 27.5 Å². The van der Waals surface area contributed by atoms with Crippen molar-refractivity contribution in [1.82, 2.24) is 20.4 Å². The Bertz CT molecular complexity index is 571. The van der Waals surface area contributed by atoms with Gasteiger partial charge in [0.15, 0.2) is 0 Å². The molecule has 6 nitrogen and oxygen atoms in total. The largest absolute Gasteiger partial charge is 0.466 e. The first-order chi connectivity index (χ1) is 9.13. The van der Waals surface area contributed by atoms with Gasteiger partial charge in [0.1, 0.15) is 11.5 Å². The molecule has 0 aliphatic carbocycles. The number of hydrogen-bond acceptors (Lipinski definition) is 6. The van der Waals surface area contributed by atoms with Crippen LogP contribution in [-0.4, -0.2) is 41.3 Å². The van der Waals surface area contributed by atoms with Crippen LogP contribution >= 0.6 is 0 Å². The van der Waals surface area contributed by atoms with Gasteiger partial charge in [0.05, 0.1) is 12.1 Å². The lowest BCUT2D eigenvalue weighted by Crippen LogP contribution is -2.55. The summed E-state index contributed by atoms with van der Waals surface area (Å²) in [6, 6.07) is 2.49. The smallest absolute Gasteiger partial charge is 0.251 e. The molecule has 0 radical (unpaired) electrons. The minimum Gasteiger partial charge on any atom is -0.466 e. The minimum absolute atomic E-state index is 0.532. The summed E-state index contributed by atoms with van der Waals surface area (Å²) in [5, 5.41) is 11.4. The van der Waals surface area contributed by atoms with Gasteiger partial charge in [-0.25, -0.2) is 0 Å². The highest BCUT2D eigenvalue weighted by Gasteiger charge is 2.23. The van der Waals surface area contributed by atoms with E-state index in [1.54, 1.807) is 0 Å². The zero-order valence-electron chi connectivity index (χ0n) is 11.4. The number of hydrogen-bond donors (Lipinski definition) is 1. The molecule has 3 rings (SSSR count). The van der Waals surface area contributed by atoms with Gasteiger partial charge in [0.2, 0.25) is 5.89 Å². The lowest BCUT2D eigenvalue weighted by molar-refractivity contribution is 0.160. The Morgan fingerprint density at radius 1 is 1.32 bits per heavy atom. The van der Waals surface area contributed by atoms with Crippen molar-refractivity contribution in [3.05, 3.63) is 23.5 Å². The predicted molar refractivity (Wildman–Crippen MR) is 69.6 cm³/mol. The molecule has 1 saturated heterocycles. The first-order valence-electron chi connectivity index (χ1n) is 6.44. The summed E-state index contributed by atoms with van der Waals surface area (Å²) in [6.07, 6.45) is 0. The van der Waals surface area contributed by atoms with Crippen LogP contribution in [0.3, 0.4) is 0 Å². The van der Waals surface area contributed by atoms with Gasteiger partial charge >= 0.3 is 0 Å². The molecule has 102 valence electrons. The fraction of sp³-hybridized carbons (Fsp3) is 0.538. The van der Waals surface area contributed by atoms with Crippen molar-refractivity contribution < 1.29 is 8.83 Å². The van der Waals surface area contributed by atoms with E-state index in [4.69, 9.17) is 8.83 Å². The Morgan fingerprint density at radius 2 is 2.11 bits per heavy atom. The Balaban J connectivity index is 1.74. The molecule has 0 unspecified atom stereocenters. The molecule has 2 aromatic rings. The number of aryl methyl sites for hydroxylation is 2. The van der Waals surface area contributed by atoms with E-state index in [1.165, 1.54) is 0 Å². The van der Waals surface area contributed by atoms with Crippen molar-refractivity contribution in [1.29, 1.82) is 0 Å². The van der Waals surface area contributed by atoms with Gasteiger partial charge in [0, 0.05) is 19.1 Å². The maximum atomic E-state index is 5.71. The van der Waals surface area contributed by atoms with Crippen LogP contribution in [0.1, 0.15) is 17.4 Å². The quantitative estimate of drug-likeness (QED) is 0.897. The highest BCUT2D eigenvalue weighted by Crippen LogP contribution is 2.25. The van der Waals surface area contributed by atoms with Gasteiger partial charge in [0.25, 0.3) is 5.89 Å². The second-order valence-electron chi connectivity index (χ2n) is 5.06. The highest BCUT2D eigenvalue weighted by molar-refractivity contribution is 5.55. The maximum Gasteiger partial charge on any atom is 0.251 e. The van der Waals surface area contributed by atoms with Gasteiger partial charge in [-0.1, -0.05) is 0 Å². The van der Waals surface area contributed by atoms with Gasteiger partial charge in [-0.2, -0.15) is 0 Å². The Labute approximate surface area is 111 Å². The molecule has 1 aliphatic rings. The van der Waals surface area contributed by atoms with Crippen LogP contribution in [0.5, 0.6) is 0 Å². The van der Waals surface area contributed by atoms with Crippen LogP contribution < -0.4 is 5.32 Å². The lowest BCUT2D eigenvalue weighted by Gasteiger charge is -2.34. The van der Waals surface area contributed by atoms with Gasteiger partial charge < -0.3 is 14.2 Å². The van der Waals surface area contributed by atoms with Crippen molar-refractivity contribution in [2.45, 2.75) is 26.4 Å². The molecule has 0 aromatic carbocycles. The first-order valence-corrected chi connectivity index (χ1v) is 6.44. The van der Waals surface area contributed by atoms with Gasteiger partial charge in [-0.05, 0) is 27.0 Å². The van der Waals surface area contributed by atoms with E-state index in [0.29, 0.717) is 24.4 Å². The predicted octanol–water partition coefficient (Wildman–Crippen LogP) is 1.35. The van der Waals surface area contributed by atoms with E-state index in [9.17, 15) is 0 Å². The molecule has 6 heteroatoms. The summed E-state index contributed by atoms with van der Waals surface area (Å²) in [5.41, 5.74) is 0.879. The molecule has 0 saturated carbocycles. The molecule has 0 spiro atoms. The third-order valence-corrected chi connectivity index (χ3v) is 3.51. The van der Waals surface area contributed by atoms with Crippen molar-refractivity contribution in [3.63, 3.8) is 0 Å². The molecule has 0 bridgehead atoms. The Kier molecular flexibility index (Phi) is 3.12. The Morgan fingerprint density at radius 3 is 2.68 bits per heavy atom. The number of furan rings is 1. The van der Waals surface area contributed by atoms with E-state index < -0.39 is 0 Å². The SMILES string of the molecule is Cc1cc(-c2nnc(CN(C)C3CNC3)o2)c(C)o1. The zero-order chi connectivity index (χ0) is 13.4. The van der Waals surface area contributed by atoms with E-state index in [-0.39, 0.29) is 0 Å². The van der Waals surface area contributed by atoms with Crippen LogP contribution in [0.15, 0.2) is 14.9 Å². The minimum atomic E-state index is 0.532. The molecule has 1 aliphatic heterocycles. The topological polar surface area (TPSA) is 67.3 Å². The van der Waals surface area contributed by atoms with E-state index in [0.717, 1.165) is 30.2 Å². The second kappa shape index (κ2) is 4.79. The first kappa shape index (κ1) is 12.4. The van der Waals surface area contributed by atoms with Crippen LogP contribution in [0.4, 0.5) is 0 Å². The number of nitrogens with one attached hydrogen (secondary N) is 1. The average Bonchev–Trinajstić information content (AvgIpc) is 2.82. The van der Waals surface area contributed by atoms with Crippen LogP contribution in [-0.2, 0) is 6.54 Å². The van der Waals surface area contributed by atoms with Crippen molar-refractivity contribution in [3.8, 4) is 11.5 Å². The molecular weight excluding hydrogens is 244 g/mol. The maximum absolute atomic E-state index is 5.71. The van der Waals surface area contributed by atoms with Crippen LogP contribution in [0.25, 0.3) is 11.5 Å². The fourth-order valence-electron chi connectivity index (χ4n) is 2.20. The molecular formula is C13H18N4O2. The Hall–Kier alpha value is -1.66. The summed E-state index contributed by atoms with van der Waals surface area (Å²) in [5.74, 6) is 2.83. The summed E-state index contributed by atoms with van der Waals surface area (Å²) < 4.78 is 11.2. The van der Waals surface area contributed by atoms with Crippen LogP contribution in [0.2, 0.25) is 0 Å². The molecule has 19 heavy (non-hydrogen) atoms. The molecule has 0 amide bonds. The summed E-state index contributed by atoms with van der Waals surface area (Å²) in [6.45, 7) is 6.54. The number of aromatic nitrogens is 2. The number of nitrogens with zero attached hydrogens (tertiary/aromatic N) is 3. The van der Waals surface area contributed by atoms with E-state index >= 15 is 0 Å². The normalized spacial score (nSPS) is 16.0. The molecule has 2 aromatic heterocycles. The summed E-state index contributed by atoms with van der Waals surface area (Å²) in [4.78, 5) is 2.22. The molecule has 0 atom stereocenters. The third kappa shape index (κ3) is 2.41. The molecule has 1 N–H and O–H groups in total.